The van der Waals surface area contributed by atoms with E-state index >= 15 is 0 Å². The van der Waals surface area contributed by atoms with Crippen molar-refractivity contribution in [2.75, 3.05) is 24.5 Å². The minimum atomic E-state index is 0.461. The first-order chi connectivity index (χ1) is 9.75. The molecule has 1 aliphatic heterocycles. The molecule has 0 spiro atoms. The first kappa shape index (κ1) is 13.8. The van der Waals surface area contributed by atoms with Crippen molar-refractivity contribution in [2.45, 2.75) is 32.7 Å². The molecule has 0 atom stereocenters. The molecule has 1 aliphatic rings. The highest BCUT2D eigenvalue weighted by Gasteiger charge is 2.21. The Kier molecular flexibility index (Phi) is 4.17. The second-order valence-corrected chi connectivity index (χ2v) is 6.67. The molecule has 1 saturated heterocycles. The standard InChI is InChI=1S/C15H22N4S/c1-11(2)19(9-12-3-6-16-7-4-12)14-13-5-8-20-15(13)18-10-17-14/h5,8,10-12,16H,3-4,6-7,9H2,1-2H3. The van der Waals surface area contributed by atoms with Crippen molar-refractivity contribution < 1.29 is 0 Å². The van der Waals surface area contributed by atoms with E-state index in [1.807, 2.05) is 0 Å². The van der Waals surface area contributed by atoms with Crippen molar-refractivity contribution >= 4 is 27.4 Å². The third-order valence-corrected chi connectivity index (χ3v) is 4.87. The highest BCUT2D eigenvalue weighted by atomic mass is 32.1. The number of hydrogen-bond acceptors (Lipinski definition) is 5. The monoisotopic (exact) mass is 290 g/mol. The molecule has 2 aromatic rings. The fraction of sp³-hybridized carbons (Fsp3) is 0.600. The smallest absolute Gasteiger partial charge is 0.141 e. The summed E-state index contributed by atoms with van der Waals surface area (Å²) in [5.41, 5.74) is 0. The molecule has 3 rings (SSSR count). The molecule has 0 amide bonds. The summed E-state index contributed by atoms with van der Waals surface area (Å²) in [5.74, 6) is 1.87. The van der Waals surface area contributed by atoms with Gasteiger partial charge in [-0.05, 0) is 57.1 Å². The number of fused-ring (bicyclic) bond motifs is 1. The lowest BCUT2D eigenvalue weighted by Crippen LogP contribution is -2.40. The van der Waals surface area contributed by atoms with Gasteiger partial charge in [0.2, 0.25) is 0 Å². The van der Waals surface area contributed by atoms with Gasteiger partial charge in [0.15, 0.2) is 0 Å². The lowest BCUT2D eigenvalue weighted by atomic mass is 9.97. The second kappa shape index (κ2) is 6.06. The van der Waals surface area contributed by atoms with Crippen molar-refractivity contribution in [1.82, 2.24) is 15.3 Å². The maximum atomic E-state index is 4.57. The van der Waals surface area contributed by atoms with Gasteiger partial charge in [0.05, 0.1) is 5.39 Å². The summed E-state index contributed by atoms with van der Waals surface area (Å²) >= 11 is 1.69. The van der Waals surface area contributed by atoms with Gasteiger partial charge in [-0.3, -0.25) is 0 Å². The van der Waals surface area contributed by atoms with Crippen LogP contribution in [0.2, 0.25) is 0 Å². The molecular weight excluding hydrogens is 268 g/mol. The third-order valence-electron chi connectivity index (χ3n) is 4.05. The summed E-state index contributed by atoms with van der Waals surface area (Å²) in [6, 6.07) is 2.61. The number of hydrogen-bond donors (Lipinski definition) is 1. The maximum Gasteiger partial charge on any atom is 0.141 e. The Balaban J connectivity index is 1.87. The van der Waals surface area contributed by atoms with Gasteiger partial charge in [0.25, 0.3) is 0 Å². The van der Waals surface area contributed by atoms with E-state index in [1.54, 1.807) is 17.7 Å². The molecule has 0 saturated carbocycles. The first-order valence-electron chi connectivity index (χ1n) is 7.41. The fourth-order valence-electron chi connectivity index (χ4n) is 2.89. The Hall–Kier alpha value is -1.20. The summed E-state index contributed by atoms with van der Waals surface area (Å²) in [4.78, 5) is 12.5. The van der Waals surface area contributed by atoms with Crippen LogP contribution in [0.3, 0.4) is 0 Å². The third kappa shape index (κ3) is 2.79. The van der Waals surface area contributed by atoms with Gasteiger partial charge in [-0.2, -0.15) is 0 Å². The molecule has 1 N–H and O–H groups in total. The SMILES string of the molecule is CC(C)N(CC1CCNCC1)c1ncnc2sccc12. The maximum absolute atomic E-state index is 4.57. The second-order valence-electron chi connectivity index (χ2n) is 5.78. The van der Waals surface area contributed by atoms with E-state index in [0.717, 1.165) is 36.2 Å². The summed E-state index contributed by atoms with van der Waals surface area (Å²) in [6.45, 7) is 7.90. The fourth-order valence-corrected chi connectivity index (χ4v) is 3.62. The van der Waals surface area contributed by atoms with Gasteiger partial charge in [-0.15, -0.1) is 11.3 Å². The molecule has 108 valence electrons. The van der Waals surface area contributed by atoms with Crippen LogP contribution in [0.15, 0.2) is 17.8 Å². The highest BCUT2D eigenvalue weighted by molar-refractivity contribution is 7.16. The van der Waals surface area contributed by atoms with Gasteiger partial charge < -0.3 is 10.2 Å². The molecule has 1 fully saturated rings. The predicted molar refractivity (Wildman–Crippen MR) is 85.5 cm³/mol. The Bertz CT molecular complexity index is 560. The number of aromatic nitrogens is 2. The summed E-state index contributed by atoms with van der Waals surface area (Å²) in [5, 5.41) is 6.74. The summed E-state index contributed by atoms with van der Waals surface area (Å²) in [7, 11) is 0. The van der Waals surface area contributed by atoms with E-state index in [9.17, 15) is 0 Å². The molecular formula is C15H22N4S. The van der Waals surface area contributed by atoms with Crippen LogP contribution in [0, 0.1) is 5.92 Å². The van der Waals surface area contributed by atoms with Gasteiger partial charge in [-0.1, -0.05) is 0 Å². The molecule has 2 aromatic heterocycles. The van der Waals surface area contributed by atoms with Crippen LogP contribution in [0.1, 0.15) is 26.7 Å². The molecule has 3 heterocycles. The van der Waals surface area contributed by atoms with Gasteiger partial charge in [-0.25, -0.2) is 9.97 Å². The van der Waals surface area contributed by atoms with Crippen molar-refractivity contribution in [3.8, 4) is 0 Å². The normalized spacial score (nSPS) is 16.9. The zero-order chi connectivity index (χ0) is 13.9. The van der Waals surface area contributed by atoms with E-state index in [4.69, 9.17) is 0 Å². The Morgan fingerprint density at radius 1 is 1.35 bits per heavy atom. The zero-order valence-corrected chi connectivity index (χ0v) is 13.0. The Morgan fingerprint density at radius 3 is 2.90 bits per heavy atom. The van der Waals surface area contributed by atoms with Gasteiger partial charge >= 0.3 is 0 Å². The quantitative estimate of drug-likeness (QED) is 0.940. The lowest BCUT2D eigenvalue weighted by Gasteiger charge is -2.34. The molecule has 0 radical (unpaired) electrons. The van der Waals surface area contributed by atoms with E-state index in [1.165, 1.54) is 18.2 Å². The molecule has 5 heteroatoms. The first-order valence-corrected chi connectivity index (χ1v) is 8.29. The predicted octanol–water partition coefficient (Wildman–Crippen LogP) is 2.91. The van der Waals surface area contributed by atoms with Crippen LogP contribution in [0.5, 0.6) is 0 Å². The van der Waals surface area contributed by atoms with Gasteiger partial charge in [0, 0.05) is 12.6 Å². The van der Waals surface area contributed by atoms with E-state index < -0.39 is 0 Å². The van der Waals surface area contributed by atoms with E-state index in [0.29, 0.717) is 6.04 Å². The van der Waals surface area contributed by atoms with Crippen LogP contribution >= 0.6 is 11.3 Å². The molecule has 4 nitrogen and oxygen atoms in total. The Labute approximate surface area is 124 Å². The van der Waals surface area contributed by atoms with E-state index in [-0.39, 0.29) is 0 Å². The van der Waals surface area contributed by atoms with Crippen molar-refractivity contribution in [2.24, 2.45) is 5.92 Å². The van der Waals surface area contributed by atoms with Crippen LogP contribution in [-0.2, 0) is 0 Å². The van der Waals surface area contributed by atoms with Crippen molar-refractivity contribution in [1.29, 1.82) is 0 Å². The molecule has 0 unspecified atom stereocenters. The number of piperidine rings is 1. The summed E-state index contributed by atoms with van der Waals surface area (Å²) in [6.07, 6.45) is 4.23. The largest absolute Gasteiger partial charge is 0.353 e. The number of anilines is 1. The van der Waals surface area contributed by atoms with Crippen LogP contribution in [-0.4, -0.2) is 35.6 Å². The lowest BCUT2D eigenvalue weighted by molar-refractivity contribution is 0.367. The minimum Gasteiger partial charge on any atom is -0.353 e. The molecule has 0 bridgehead atoms. The minimum absolute atomic E-state index is 0.461. The zero-order valence-electron chi connectivity index (χ0n) is 12.2. The van der Waals surface area contributed by atoms with Crippen molar-refractivity contribution in [3.63, 3.8) is 0 Å². The average molecular weight is 290 g/mol. The summed E-state index contributed by atoms with van der Waals surface area (Å²) < 4.78 is 0. The van der Waals surface area contributed by atoms with Gasteiger partial charge in [0.1, 0.15) is 17.0 Å². The van der Waals surface area contributed by atoms with Crippen LogP contribution in [0.4, 0.5) is 5.82 Å². The number of nitrogens with one attached hydrogen (secondary N) is 1. The number of thiophene rings is 1. The number of rotatable bonds is 4. The average Bonchev–Trinajstić information content (AvgIpc) is 2.94. The topological polar surface area (TPSA) is 41.0 Å². The van der Waals surface area contributed by atoms with E-state index in [2.05, 4.69) is 45.5 Å². The molecule has 20 heavy (non-hydrogen) atoms. The number of nitrogens with zero attached hydrogens (tertiary/aromatic N) is 3. The highest BCUT2D eigenvalue weighted by Crippen LogP contribution is 2.29. The van der Waals surface area contributed by atoms with Crippen LogP contribution in [0.25, 0.3) is 10.2 Å². The molecule has 0 aliphatic carbocycles. The van der Waals surface area contributed by atoms with Crippen LogP contribution < -0.4 is 10.2 Å². The Morgan fingerprint density at radius 2 is 2.15 bits per heavy atom. The van der Waals surface area contributed by atoms with Crippen molar-refractivity contribution in [3.05, 3.63) is 17.8 Å². The molecule has 0 aromatic carbocycles.